The van der Waals surface area contributed by atoms with Gasteiger partial charge in [-0.05, 0) is 50.7 Å². The van der Waals surface area contributed by atoms with E-state index in [4.69, 9.17) is 15.9 Å². The number of aryl methyl sites for hydroxylation is 1. The highest BCUT2D eigenvalue weighted by Gasteiger charge is 2.20. The summed E-state index contributed by atoms with van der Waals surface area (Å²) in [5, 5.41) is 7.62. The van der Waals surface area contributed by atoms with E-state index in [1.807, 2.05) is 25.1 Å². The van der Waals surface area contributed by atoms with Crippen LogP contribution in [-0.4, -0.2) is 11.9 Å². The maximum absolute atomic E-state index is 7.62. The average Bonchev–Trinajstić information content (AvgIpc) is 2.34. The lowest BCUT2D eigenvalue weighted by Gasteiger charge is -2.27. The van der Waals surface area contributed by atoms with Crippen molar-refractivity contribution < 1.29 is 4.74 Å². The number of hydrogen-bond donors (Lipinski definition) is 2. The van der Waals surface area contributed by atoms with Crippen LogP contribution in [0.4, 0.5) is 0 Å². The third kappa shape index (κ3) is 3.03. The van der Waals surface area contributed by atoms with E-state index in [0.29, 0.717) is 5.56 Å². The fraction of sp³-hybridized carbons (Fsp3) is 0.533. The summed E-state index contributed by atoms with van der Waals surface area (Å²) in [7, 11) is 0. The zero-order valence-corrected chi connectivity index (χ0v) is 11.2. The van der Waals surface area contributed by atoms with Crippen LogP contribution in [0.5, 0.6) is 5.75 Å². The molecular weight excluding hydrogens is 224 g/mol. The van der Waals surface area contributed by atoms with E-state index < -0.39 is 0 Å². The second kappa shape index (κ2) is 5.42. The van der Waals surface area contributed by atoms with E-state index in [0.717, 1.165) is 30.1 Å². The molecule has 1 aromatic rings. The first-order chi connectivity index (χ1) is 8.56. The molecule has 0 aliphatic heterocycles. The number of amidine groups is 1. The maximum Gasteiger partial charge on any atom is 0.130 e. The highest BCUT2D eigenvalue weighted by molar-refractivity contribution is 5.97. The molecule has 0 heterocycles. The molecule has 2 rings (SSSR count). The minimum absolute atomic E-state index is 0.0814. The highest BCUT2D eigenvalue weighted by Crippen LogP contribution is 2.29. The largest absolute Gasteiger partial charge is 0.490 e. The summed E-state index contributed by atoms with van der Waals surface area (Å²) in [4.78, 5) is 0. The first-order valence-corrected chi connectivity index (χ1v) is 6.68. The molecule has 0 bridgehead atoms. The third-order valence-electron chi connectivity index (χ3n) is 3.68. The van der Waals surface area contributed by atoms with Gasteiger partial charge >= 0.3 is 0 Å². The molecule has 18 heavy (non-hydrogen) atoms. The molecule has 1 aromatic carbocycles. The first-order valence-electron chi connectivity index (χ1n) is 6.68. The predicted molar refractivity (Wildman–Crippen MR) is 74.2 cm³/mol. The maximum atomic E-state index is 7.62. The van der Waals surface area contributed by atoms with Gasteiger partial charge in [-0.25, -0.2) is 0 Å². The lowest BCUT2D eigenvalue weighted by Crippen LogP contribution is -2.24. The Kier molecular flexibility index (Phi) is 3.90. The lowest BCUT2D eigenvalue weighted by atomic mass is 9.89. The van der Waals surface area contributed by atoms with Crippen LogP contribution in [0, 0.1) is 18.3 Å². The number of nitrogens with two attached hydrogens (primary N) is 1. The Bertz CT molecular complexity index is 434. The molecule has 3 heteroatoms. The minimum Gasteiger partial charge on any atom is -0.490 e. The van der Waals surface area contributed by atoms with Gasteiger partial charge in [0, 0.05) is 0 Å². The second-order valence-corrected chi connectivity index (χ2v) is 5.41. The van der Waals surface area contributed by atoms with Crippen LogP contribution < -0.4 is 10.5 Å². The summed E-state index contributed by atoms with van der Waals surface area (Å²) in [6, 6.07) is 5.86. The SMILES string of the molecule is Cc1ccc(OC2CCC(C)CC2)c(C(=N)N)c1. The Morgan fingerprint density at radius 2 is 1.94 bits per heavy atom. The van der Waals surface area contributed by atoms with Crippen molar-refractivity contribution in [1.29, 1.82) is 5.41 Å². The van der Waals surface area contributed by atoms with Gasteiger partial charge in [0.1, 0.15) is 11.6 Å². The molecule has 0 atom stereocenters. The molecule has 0 amide bonds. The van der Waals surface area contributed by atoms with Gasteiger partial charge in [-0.2, -0.15) is 0 Å². The molecule has 3 N–H and O–H groups in total. The Morgan fingerprint density at radius 1 is 1.28 bits per heavy atom. The van der Waals surface area contributed by atoms with Crippen molar-refractivity contribution in [3.63, 3.8) is 0 Å². The molecule has 0 spiro atoms. The van der Waals surface area contributed by atoms with Crippen molar-refractivity contribution in [1.82, 2.24) is 0 Å². The fourth-order valence-corrected chi connectivity index (χ4v) is 2.48. The van der Waals surface area contributed by atoms with Gasteiger partial charge in [0.2, 0.25) is 0 Å². The molecule has 3 nitrogen and oxygen atoms in total. The topological polar surface area (TPSA) is 59.1 Å². The molecule has 0 aromatic heterocycles. The van der Waals surface area contributed by atoms with E-state index in [9.17, 15) is 0 Å². The number of ether oxygens (including phenoxy) is 1. The van der Waals surface area contributed by atoms with Crippen LogP contribution in [0.3, 0.4) is 0 Å². The van der Waals surface area contributed by atoms with Crippen LogP contribution in [0.25, 0.3) is 0 Å². The Balaban J connectivity index is 2.11. The number of nitrogen functional groups attached to an aromatic ring is 1. The normalized spacial score (nSPS) is 23.7. The zero-order valence-electron chi connectivity index (χ0n) is 11.2. The van der Waals surface area contributed by atoms with Crippen molar-refractivity contribution in [2.75, 3.05) is 0 Å². The van der Waals surface area contributed by atoms with Crippen LogP contribution in [0.1, 0.15) is 43.7 Å². The van der Waals surface area contributed by atoms with E-state index in [1.54, 1.807) is 0 Å². The van der Waals surface area contributed by atoms with Gasteiger partial charge < -0.3 is 10.5 Å². The van der Waals surface area contributed by atoms with Crippen LogP contribution in [0.15, 0.2) is 18.2 Å². The van der Waals surface area contributed by atoms with Crippen molar-refractivity contribution in [2.24, 2.45) is 11.7 Å². The molecule has 1 saturated carbocycles. The first kappa shape index (κ1) is 12.9. The minimum atomic E-state index is 0.0814. The van der Waals surface area contributed by atoms with E-state index in [-0.39, 0.29) is 11.9 Å². The molecule has 1 aliphatic carbocycles. The van der Waals surface area contributed by atoms with E-state index in [1.165, 1.54) is 12.8 Å². The smallest absolute Gasteiger partial charge is 0.130 e. The Hall–Kier alpha value is -1.51. The Morgan fingerprint density at radius 3 is 2.56 bits per heavy atom. The van der Waals surface area contributed by atoms with Gasteiger partial charge in [-0.15, -0.1) is 0 Å². The fourth-order valence-electron chi connectivity index (χ4n) is 2.48. The summed E-state index contributed by atoms with van der Waals surface area (Å²) in [6.07, 6.45) is 4.94. The standard InChI is InChI=1S/C15H22N2O/c1-10-3-6-12(7-4-10)18-14-8-5-11(2)9-13(14)15(16)17/h5,8-10,12H,3-4,6-7H2,1-2H3,(H3,16,17). The Labute approximate surface area is 109 Å². The van der Waals surface area contributed by atoms with Crippen LogP contribution in [-0.2, 0) is 0 Å². The molecule has 98 valence electrons. The van der Waals surface area contributed by atoms with Gasteiger partial charge in [-0.1, -0.05) is 18.6 Å². The summed E-state index contributed by atoms with van der Waals surface area (Å²) in [5.74, 6) is 1.65. The van der Waals surface area contributed by atoms with Crippen molar-refractivity contribution in [3.8, 4) is 5.75 Å². The number of hydrogen-bond acceptors (Lipinski definition) is 2. The van der Waals surface area contributed by atoms with Crippen LogP contribution >= 0.6 is 0 Å². The van der Waals surface area contributed by atoms with Crippen molar-refractivity contribution >= 4 is 5.84 Å². The molecule has 0 radical (unpaired) electrons. The summed E-state index contributed by atoms with van der Waals surface area (Å²) < 4.78 is 6.03. The van der Waals surface area contributed by atoms with E-state index >= 15 is 0 Å². The highest BCUT2D eigenvalue weighted by atomic mass is 16.5. The third-order valence-corrected chi connectivity index (χ3v) is 3.68. The molecule has 0 unspecified atom stereocenters. The lowest BCUT2D eigenvalue weighted by molar-refractivity contribution is 0.135. The van der Waals surface area contributed by atoms with Gasteiger partial charge in [0.05, 0.1) is 11.7 Å². The second-order valence-electron chi connectivity index (χ2n) is 5.41. The molecule has 1 fully saturated rings. The van der Waals surface area contributed by atoms with Gasteiger partial charge in [0.15, 0.2) is 0 Å². The zero-order chi connectivity index (χ0) is 13.1. The van der Waals surface area contributed by atoms with Gasteiger partial charge in [-0.3, -0.25) is 5.41 Å². The van der Waals surface area contributed by atoms with Crippen molar-refractivity contribution in [3.05, 3.63) is 29.3 Å². The quantitative estimate of drug-likeness (QED) is 0.635. The number of nitrogens with one attached hydrogen (secondary N) is 1. The van der Waals surface area contributed by atoms with Crippen molar-refractivity contribution in [2.45, 2.75) is 45.6 Å². The van der Waals surface area contributed by atoms with E-state index in [2.05, 4.69) is 6.92 Å². The molecular formula is C15H22N2O. The van der Waals surface area contributed by atoms with Crippen LogP contribution in [0.2, 0.25) is 0 Å². The van der Waals surface area contributed by atoms with Gasteiger partial charge in [0.25, 0.3) is 0 Å². The summed E-state index contributed by atoms with van der Waals surface area (Å²) in [5.41, 5.74) is 7.43. The monoisotopic (exact) mass is 246 g/mol. The molecule has 0 saturated heterocycles. The summed E-state index contributed by atoms with van der Waals surface area (Å²) in [6.45, 7) is 4.29. The predicted octanol–water partition coefficient (Wildman–Crippen LogP) is 3.24. The number of rotatable bonds is 3. The number of benzene rings is 1. The average molecular weight is 246 g/mol. The summed E-state index contributed by atoms with van der Waals surface area (Å²) >= 11 is 0. The molecule has 1 aliphatic rings.